The second-order valence-corrected chi connectivity index (χ2v) is 6.65. The van der Waals surface area contributed by atoms with Gasteiger partial charge in [0.25, 0.3) is 0 Å². The molecule has 21 heavy (non-hydrogen) atoms. The Morgan fingerprint density at radius 2 is 1.95 bits per heavy atom. The van der Waals surface area contributed by atoms with Crippen molar-refractivity contribution in [3.8, 4) is 5.75 Å². The summed E-state index contributed by atoms with van der Waals surface area (Å²) in [4.78, 5) is 12.1. The molecule has 0 aromatic heterocycles. The predicted octanol–water partition coefficient (Wildman–Crippen LogP) is 5.30. The molecule has 2 rings (SSSR count). The van der Waals surface area contributed by atoms with Gasteiger partial charge in [0.15, 0.2) is 0 Å². The van der Waals surface area contributed by atoms with Crippen LogP contribution in [0.25, 0.3) is 0 Å². The summed E-state index contributed by atoms with van der Waals surface area (Å²) in [6.45, 7) is 3.84. The van der Waals surface area contributed by atoms with Crippen molar-refractivity contribution < 1.29 is 9.53 Å². The van der Waals surface area contributed by atoms with Gasteiger partial charge in [0.1, 0.15) is 5.75 Å². The molecule has 1 fully saturated rings. The fraction of sp³-hybridized carbons (Fsp3) is 0.562. The van der Waals surface area contributed by atoms with Crippen LogP contribution in [0, 0.1) is 5.92 Å². The highest BCUT2D eigenvalue weighted by atomic mass is 35.5. The smallest absolute Gasteiger partial charge is 0.224 e. The Bertz CT molecular complexity index is 511. The molecule has 1 saturated carbocycles. The zero-order valence-corrected chi connectivity index (χ0v) is 13.9. The number of hydrogen-bond acceptors (Lipinski definition) is 2. The van der Waals surface area contributed by atoms with Crippen molar-refractivity contribution in [3.05, 3.63) is 22.2 Å². The molecule has 3 nitrogen and oxygen atoms in total. The maximum atomic E-state index is 12.1. The molecule has 1 aliphatic carbocycles. The molecule has 0 atom stereocenters. The van der Waals surface area contributed by atoms with Gasteiger partial charge >= 0.3 is 0 Å². The number of carbonyl (C=O) groups excluding carboxylic acids is 1. The lowest BCUT2D eigenvalue weighted by Gasteiger charge is -2.15. The third-order valence-electron chi connectivity index (χ3n) is 3.61. The highest BCUT2D eigenvalue weighted by Crippen LogP contribution is 2.35. The van der Waals surface area contributed by atoms with E-state index >= 15 is 0 Å². The van der Waals surface area contributed by atoms with Crippen molar-refractivity contribution in [3.63, 3.8) is 0 Å². The molecule has 1 N–H and O–H groups in total. The van der Waals surface area contributed by atoms with Crippen LogP contribution in [0.15, 0.2) is 12.1 Å². The summed E-state index contributed by atoms with van der Waals surface area (Å²) in [5, 5.41) is 3.74. The third kappa shape index (κ3) is 4.79. The number of hydrogen-bond donors (Lipinski definition) is 1. The second kappa shape index (κ2) is 7.37. The number of amides is 1. The first-order valence-electron chi connectivity index (χ1n) is 7.41. The number of nitrogens with one attached hydrogen (secondary N) is 1. The van der Waals surface area contributed by atoms with E-state index in [2.05, 4.69) is 5.32 Å². The number of anilines is 1. The Morgan fingerprint density at radius 3 is 2.57 bits per heavy atom. The van der Waals surface area contributed by atoms with Gasteiger partial charge in [-0.3, -0.25) is 4.79 Å². The lowest BCUT2D eigenvalue weighted by Crippen LogP contribution is -2.15. The van der Waals surface area contributed by atoms with Crippen LogP contribution < -0.4 is 10.1 Å². The van der Waals surface area contributed by atoms with E-state index in [0.717, 1.165) is 12.8 Å². The minimum Gasteiger partial charge on any atom is -0.489 e. The van der Waals surface area contributed by atoms with E-state index in [1.54, 1.807) is 12.1 Å². The molecule has 0 spiro atoms. The second-order valence-electron chi connectivity index (χ2n) is 5.83. The minimum atomic E-state index is 0.00150. The lowest BCUT2D eigenvalue weighted by atomic mass is 10.0. The maximum Gasteiger partial charge on any atom is 0.224 e. The minimum absolute atomic E-state index is 0.00150. The molecule has 0 bridgehead atoms. The van der Waals surface area contributed by atoms with Crippen molar-refractivity contribution in [1.29, 1.82) is 0 Å². The largest absolute Gasteiger partial charge is 0.489 e. The zero-order valence-electron chi connectivity index (χ0n) is 12.4. The van der Waals surface area contributed by atoms with Crippen LogP contribution in [0.5, 0.6) is 5.75 Å². The number of carbonyl (C=O) groups is 1. The zero-order chi connectivity index (χ0) is 15.4. The maximum absolute atomic E-state index is 12.1. The number of benzene rings is 1. The monoisotopic (exact) mass is 329 g/mol. The molecule has 0 unspecified atom stereocenters. The van der Waals surface area contributed by atoms with E-state index in [-0.39, 0.29) is 12.0 Å². The molecule has 1 aromatic rings. The standard InChI is InChI=1S/C16H21Cl2NO2/c1-10(2)21-15-9-14(12(17)8-13(15)18)19-16(20)7-11-5-3-4-6-11/h8-11H,3-7H2,1-2H3,(H,19,20). The van der Waals surface area contributed by atoms with Crippen molar-refractivity contribution >= 4 is 34.8 Å². The average Bonchev–Trinajstić information content (AvgIpc) is 2.87. The molecule has 0 heterocycles. The van der Waals surface area contributed by atoms with Crippen LogP contribution in [0.2, 0.25) is 10.0 Å². The first kappa shape index (κ1) is 16.4. The first-order chi connectivity index (χ1) is 9.95. The molecule has 0 aliphatic heterocycles. The van der Waals surface area contributed by atoms with E-state index in [0.29, 0.717) is 33.8 Å². The van der Waals surface area contributed by atoms with Gasteiger partial charge in [-0.1, -0.05) is 36.0 Å². The summed E-state index contributed by atoms with van der Waals surface area (Å²) in [5.41, 5.74) is 0.555. The fourth-order valence-corrected chi connectivity index (χ4v) is 3.12. The highest BCUT2D eigenvalue weighted by molar-refractivity contribution is 6.37. The van der Waals surface area contributed by atoms with Gasteiger partial charge in [-0.15, -0.1) is 0 Å². The Balaban J connectivity index is 2.05. The summed E-state index contributed by atoms with van der Waals surface area (Å²) >= 11 is 12.2. The summed E-state index contributed by atoms with van der Waals surface area (Å²) in [6.07, 6.45) is 5.30. The third-order valence-corrected chi connectivity index (χ3v) is 4.22. The van der Waals surface area contributed by atoms with E-state index in [1.165, 1.54) is 12.8 Å². The van der Waals surface area contributed by atoms with E-state index in [1.807, 2.05) is 13.8 Å². The van der Waals surface area contributed by atoms with Crippen LogP contribution in [0.1, 0.15) is 46.0 Å². The van der Waals surface area contributed by atoms with E-state index in [4.69, 9.17) is 27.9 Å². The summed E-state index contributed by atoms with van der Waals surface area (Å²) in [5.74, 6) is 1.04. The predicted molar refractivity (Wildman–Crippen MR) is 87.4 cm³/mol. The van der Waals surface area contributed by atoms with Gasteiger partial charge in [0, 0.05) is 12.5 Å². The van der Waals surface area contributed by atoms with Gasteiger partial charge in [-0.05, 0) is 38.7 Å². The molecule has 1 aromatic carbocycles. The SMILES string of the molecule is CC(C)Oc1cc(NC(=O)CC2CCCC2)c(Cl)cc1Cl. The Morgan fingerprint density at radius 1 is 1.29 bits per heavy atom. The van der Waals surface area contributed by atoms with Gasteiger partial charge in [-0.2, -0.15) is 0 Å². The molecule has 0 saturated heterocycles. The number of halogens is 2. The molecule has 5 heteroatoms. The summed E-state index contributed by atoms with van der Waals surface area (Å²) in [6, 6.07) is 3.29. The Hall–Kier alpha value is -0.930. The molecule has 1 amide bonds. The molecule has 1 aliphatic rings. The quantitative estimate of drug-likeness (QED) is 0.795. The van der Waals surface area contributed by atoms with Crippen LogP contribution in [-0.2, 0) is 4.79 Å². The number of ether oxygens (including phenoxy) is 1. The molecule has 116 valence electrons. The number of rotatable bonds is 5. The summed E-state index contributed by atoms with van der Waals surface area (Å²) < 4.78 is 5.61. The van der Waals surface area contributed by atoms with Crippen LogP contribution in [0.3, 0.4) is 0 Å². The summed E-state index contributed by atoms with van der Waals surface area (Å²) in [7, 11) is 0. The van der Waals surface area contributed by atoms with Crippen molar-refractivity contribution in [2.45, 2.75) is 52.1 Å². The Kier molecular flexibility index (Phi) is 5.77. The van der Waals surface area contributed by atoms with E-state index in [9.17, 15) is 4.79 Å². The van der Waals surface area contributed by atoms with Crippen molar-refractivity contribution in [2.75, 3.05) is 5.32 Å². The van der Waals surface area contributed by atoms with Gasteiger partial charge in [0.2, 0.25) is 5.91 Å². The van der Waals surface area contributed by atoms with Crippen molar-refractivity contribution in [2.24, 2.45) is 5.92 Å². The normalized spacial score (nSPS) is 15.5. The highest BCUT2D eigenvalue weighted by Gasteiger charge is 2.19. The fourth-order valence-electron chi connectivity index (χ4n) is 2.65. The van der Waals surface area contributed by atoms with Gasteiger partial charge in [-0.25, -0.2) is 0 Å². The van der Waals surface area contributed by atoms with Crippen LogP contribution in [-0.4, -0.2) is 12.0 Å². The van der Waals surface area contributed by atoms with E-state index < -0.39 is 0 Å². The molecule has 0 radical (unpaired) electrons. The topological polar surface area (TPSA) is 38.3 Å². The molecular weight excluding hydrogens is 309 g/mol. The average molecular weight is 330 g/mol. The first-order valence-corrected chi connectivity index (χ1v) is 8.17. The van der Waals surface area contributed by atoms with Crippen LogP contribution >= 0.6 is 23.2 Å². The Labute approximate surface area is 136 Å². The molecular formula is C16H21Cl2NO2. The van der Waals surface area contributed by atoms with Gasteiger partial charge in [0.05, 0.1) is 21.8 Å². The van der Waals surface area contributed by atoms with Crippen molar-refractivity contribution in [1.82, 2.24) is 0 Å². The van der Waals surface area contributed by atoms with Gasteiger partial charge < -0.3 is 10.1 Å². The lowest BCUT2D eigenvalue weighted by molar-refractivity contribution is -0.117. The van der Waals surface area contributed by atoms with Crippen LogP contribution in [0.4, 0.5) is 5.69 Å².